The molecule has 0 aliphatic heterocycles. The van der Waals surface area contributed by atoms with Gasteiger partial charge in [-0.3, -0.25) is 14.3 Å². The zero-order valence-electron chi connectivity index (χ0n) is 22.0. The van der Waals surface area contributed by atoms with Crippen LogP contribution in [0.3, 0.4) is 0 Å². The molecule has 0 spiro atoms. The molecule has 4 aromatic heterocycles. The van der Waals surface area contributed by atoms with E-state index in [2.05, 4.69) is 91.5 Å². The third kappa shape index (κ3) is 7.76. The van der Waals surface area contributed by atoms with E-state index in [-0.39, 0.29) is 16.6 Å². The molecule has 0 amide bonds. The van der Waals surface area contributed by atoms with Crippen molar-refractivity contribution in [3.05, 3.63) is 48.4 Å². The topological polar surface area (TPSA) is 92.1 Å². The number of hydrogen-bond donors (Lipinski definition) is 0. The second-order valence-electron chi connectivity index (χ2n) is 11.1. The molecule has 0 bridgehead atoms. The third-order valence-corrected chi connectivity index (χ3v) is 4.51. The van der Waals surface area contributed by atoms with Crippen LogP contribution < -0.4 is 0 Å². The molecule has 4 heterocycles. The number of aromatic nitrogens is 9. The van der Waals surface area contributed by atoms with E-state index in [1.54, 1.807) is 17.2 Å². The first-order valence-electron chi connectivity index (χ1n) is 11.2. The fourth-order valence-corrected chi connectivity index (χ4v) is 2.56. The zero-order chi connectivity index (χ0) is 25.0. The summed E-state index contributed by atoms with van der Waals surface area (Å²) in [6, 6.07) is 1.98. The average molecular weight is 454 g/mol. The van der Waals surface area contributed by atoms with E-state index in [1.807, 2.05) is 49.3 Å². The maximum Gasteiger partial charge on any atom is 0.171 e. The normalized spacial score (nSPS) is 12.1. The Hall–Kier alpha value is -3.10. The Bertz CT molecular complexity index is 1060. The summed E-state index contributed by atoms with van der Waals surface area (Å²) < 4.78 is 3.95. The van der Waals surface area contributed by atoms with Crippen LogP contribution in [0.5, 0.6) is 0 Å². The number of aryl methyl sites for hydroxylation is 2. The first-order chi connectivity index (χ1) is 15.1. The standard InChI is InChI=1S/C10H13N3.C8H14N2.C6H12N4/c1-10(2,3)13-7-8-4-5-11-6-9(8)12-13;1-7-5-9-10(6-7)8(2,3)4;1-5-7-9-10(8-5)6(2,3)4/h4-7H,1-3H3;5-6H,1-4H3;1-4H3. The lowest BCUT2D eigenvalue weighted by Crippen LogP contribution is -2.24. The minimum Gasteiger partial charge on any atom is -0.267 e. The van der Waals surface area contributed by atoms with Crippen LogP contribution in [0.4, 0.5) is 0 Å². The second-order valence-corrected chi connectivity index (χ2v) is 11.1. The van der Waals surface area contributed by atoms with Crippen molar-refractivity contribution in [1.82, 2.24) is 44.8 Å². The molecule has 4 rings (SSSR count). The van der Waals surface area contributed by atoms with Crippen molar-refractivity contribution in [2.75, 3.05) is 0 Å². The van der Waals surface area contributed by atoms with E-state index in [0.717, 1.165) is 16.7 Å². The molecule has 0 aliphatic carbocycles. The Morgan fingerprint density at radius 3 is 1.73 bits per heavy atom. The molecule has 0 radical (unpaired) electrons. The molecule has 4 aromatic rings. The lowest BCUT2D eigenvalue weighted by molar-refractivity contribution is 0.305. The highest BCUT2D eigenvalue weighted by Crippen LogP contribution is 2.17. The molecule has 0 N–H and O–H groups in total. The van der Waals surface area contributed by atoms with Crippen molar-refractivity contribution in [2.45, 2.75) is 92.8 Å². The summed E-state index contributed by atoms with van der Waals surface area (Å²) >= 11 is 0. The van der Waals surface area contributed by atoms with Gasteiger partial charge in [0.15, 0.2) is 5.82 Å². The molecule has 0 fully saturated rings. The molecule has 180 valence electrons. The van der Waals surface area contributed by atoms with Crippen LogP contribution in [0.1, 0.15) is 73.7 Å². The highest BCUT2D eigenvalue weighted by molar-refractivity contribution is 5.76. The Labute approximate surface area is 197 Å². The van der Waals surface area contributed by atoms with Crippen molar-refractivity contribution < 1.29 is 0 Å². The minimum atomic E-state index is -0.0543. The van der Waals surface area contributed by atoms with Gasteiger partial charge in [-0.2, -0.15) is 15.0 Å². The predicted octanol–water partition coefficient (Wildman–Crippen LogP) is 4.87. The van der Waals surface area contributed by atoms with E-state index in [1.165, 1.54) is 5.56 Å². The van der Waals surface area contributed by atoms with E-state index >= 15 is 0 Å². The largest absolute Gasteiger partial charge is 0.267 e. The third-order valence-electron chi connectivity index (χ3n) is 4.51. The molecule has 0 saturated heterocycles. The molecule has 0 saturated carbocycles. The van der Waals surface area contributed by atoms with Gasteiger partial charge in [0.2, 0.25) is 0 Å². The number of pyridine rings is 1. The highest BCUT2D eigenvalue weighted by Gasteiger charge is 2.15. The fraction of sp³-hybridized carbons (Fsp3) is 0.583. The molecule has 0 atom stereocenters. The van der Waals surface area contributed by atoms with Crippen LogP contribution in [-0.2, 0) is 16.6 Å². The van der Waals surface area contributed by atoms with Gasteiger partial charge in [-0.1, -0.05) is 0 Å². The van der Waals surface area contributed by atoms with Crippen molar-refractivity contribution in [3.63, 3.8) is 0 Å². The SMILES string of the molecule is CC(C)(C)n1cc2ccncc2n1.Cc1cnn(C(C)(C)C)c1.Cc1nnn(C(C)(C)C)n1. The molecular weight excluding hydrogens is 414 g/mol. The smallest absolute Gasteiger partial charge is 0.171 e. The summed E-state index contributed by atoms with van der Waals surface area (Å²) in [5, 5.41) is 21.5. The van der Waals surface area contributed by atoms with Gasteiger partial charge in [0.05, 0.1) is 29.0 Å². The first kappa shape index (κ1) is 26.2. The van der Waals surface area contributed by atoms with Gasteiger partial charge in [-0.15, -0.1) is 10.2 Å². The van der Waals surface area contributed by atoms with Crippen molar-refractivity contribution in [3.8, 4) is 0 Å². The average Bonchev–Trinajstić information content (AvgIpc) is 3.40. The summed E-state index contributed by atoms with van der Waals surface area (Å²) in [5.41, 5.74) is 2.28. The van der Waals surface area contributed by atoms with E-state index < -0.39 is 0 Å². The van der Waals surface area contributed by atoms with Gasteiger partial charge < -0.3 is 0 Å². The van der Waals surface area contributed by atoms with Gasteiger partial charge in [0.25, 0.3) is 0 Å². The number of tetrazole rings is 1. The van der Waals surface area contributed by atoms with Gasteiger partial charge in [-0.25, -0.2) is 0 Å². The number of rotatable bonds is 0. The van der Waals surface area contributed by atoms with Crippen LogP contribution in [0.25, 0.3) is 10.9 Å². The van der Waals surface area contributed by atoms with Crippen LogP contribution in [-0.4, -0.2) is 44.8 Å². The van der Waals surface area contributed by atoms with Crippen molar-refractivity contribution in [2.24, 2.45) is 0 Å². The van der Waals surface area contributed by atoms with Crippen LogP contribution in [0.2, 0.25) is 0 Å². The van der Waals surface area contributed by atoms with Crippen molar-refractivity contribution in [1.29, 1.82) is 0 Å². The van der Waals surface area contributed by atoms with Gasteiger partial charge >= 0.3 is 0 Å². The summed E-state index contributed by atoms with van der Waals surface area (Å²) in [5.74, 6) is 0.718. The van der Waals surface area contributed by atoms with E-state index in [9.17, 15) is 0 Å². The molecule has 0 aliphatic rings. The Kier molecular flexibility index (Phi) is 7.77. The maximum atomic E-state index is 4.44. The predicted molar refractivity (Wildman–Crippen MR) is 132 cm³/mol. The quantitative estimate of drug-likeness (QED) is 0.377. The molecular formula is C24H39N9. The van der Waals surface area contributed by atoms with E-state index in [0.29, 0.717) is 0 Å². The number of nitrogens with zero attached hydrogens (tertiary/aromatic N) is 9. The van der Waals surface area contributed by atoms with Crippen LogP contribution in [0.15, 0.2) is 37.1 Å². The molecule has 0 aromatic carbocycles. The molecule has 33 heavy (non-hydrogen) atoms. The molecule has 9 heteroatoms. The zero-order valence-corrected chi connectivity index (χ0v) is 22.0. The Morgan fingerprint density at radius 2 is 1.36 bits per heavy atom. The van der Waals surface area contributed by atoms with Crippen LogP contribution >= 0.6 is 0 Å². The Balaban J connectivity index is 0.000000178. The first-order valence-corrected chi connectivity index (χ1v) is 11.2. The number of hydrogen-bond acceptors (Lipinski definition) is 6. The summed E-state index contributed by atoms with van der Waals surface area (Å²) in [6.45, 7) is 22.8. The lowest BCUT2D eigenvalue weighted by atomic mass is 10.1. The second kappa shape index (κ2) is 9.80. The molecule has 0 unspecified atom stereocenters. The fourth-order valence-electron chi connectivity index (χ4n) is 2.56. The minimum absolute atomic E-state index is 0.0407. The van der Waals surface area contributed by atoms with Crippen molar-refractivity contribution >= 4 is 10.9 Å². The molecule has 9 nitrogen and oxygen atoms in total. The van der Waals surface area contributed by atoms with Gasteiger partial charge in [-0.05, 0) is 93.0 Å². The lowest BCUT2D eigenvalue weighted by Gasteiger charge is -2.18. The maximum absolute atomic E-state index is 4.44. The Morgan fingerprint density at radius 1 is 0.727 bits per heavy atom. The summed E-state index contributed by atoms with van der Waals surface area (Å²) in [4.78, 5) is 5.65. The monoisotopic (exact) mass is 453 g/mol. The van der Waals surface area contributed by atoms with Crippen LogP contribution in [0, 0.1) is 13.8 Å². The summed E-state index contributed by atoms with van der Waals surface area (Å²) in [6.07, 6.45) is 9.57. The summed E-state index contributed by atoms with van der Waals surface area (Å²) in [7, 11) is 0. The highest BCUT2D eigenvalue weighted by atomic mass is 15.6. The van der Waals surface area contributed by atoms with E-state index in [4.69, 9.17) is 0 Å². The van der Waals surface area contributed by atoms with Gasteiger partial charge in [0, 0.05) is 24.0 Å². The number of fused-ring (bicyclic) bond motifs is 1. The van der Waals surface area contributed by atoms with Gasteiger partial charge in [0.1, 0.15) is 5.52 Å².